The van der Waals surface area contributed by atoms with E-state index in [9.17, 15) is 0 Å². The lowest BCUT2D eigenvalue weighted by Crippen LogP contribution is -2.19. The largest absolute Gasteiger partial charge is 0.407 e. The van der Waals surface area contributed by atoms with Gasteiger partial charge < -0.3 is 10.5 Å². The monoisotopic (exact) mass is 177 g/mol. The molecule has 0 atom stereocenters. The Balaban J connectivity index is 2.78. The van der Waals surface area contributed by atoms with E-state index >= 15 is 0 Å². The molecule has 0 aliphatic rings. The lowest BCUT2D eigenvalue weighted by Gasteiger charge is -2.03. The summed E-state index contributed by atoms with van der Waals surface area (Å²) in [4.78, 5) is 0. The first-order chi connectivity index (χ1) is 6.09. The quantitative estimate of drug-likeness (QED) is 0.445. The van der Waals surface area contributed by atoms with Gasteiger partial charge in [0.2, 0.25) is 5.90 Å². The molecule has 0 radical (unpaired) electrons. The molecule has 0 unspecified atom stereocenters. The van der Waals surface area contributed by atoms with E-state index in [1.807, 2.05) is 19.1 Å². The molecule has 1 aromatic carbocycles. The molecule has 4 nitrogen and oxygen atoms in total. The molecule has 13 heavy (non-hydrogen) atoms. The van der Waals surface area contributed by atoms with Crippen molar-refractivity contribution in [3.8, 4) is 0 Å². The minimum Gasteiger partial charge on any atom is -0.407 e. The summed E-state index contributed by atoms with van der Waals surface area (Å²) in [5.74, 6) is -0.104. The lowest BCUT2D eigenvalue weighted by atomic mass is 10.1. The molecule has 0 bridgehead atoms. The maximum Gasteiger partial charge on any atom is 0.285 e. The van der Waals surface area contributed by atoms with Gasteiger partial charge in [0, 0.05) is 5.56 Å². The number of nitrogens with two attached hydrogens (primary N) is 1. The SMILES string of the molecule is Cc1ccc(C(=N)OC(=N)N)cc1. The number of benzene rings is 1. The highest BCUT2D eigenvalue weighted by molar-refractivity contribution is 5.98. The normalized spacial score (nSPS) is 9.31. The maximum atomic E-state index is 7.39. The second kappa shape index (κ2) is 3.71. The van der Waals surface area contributed by atoms with E-state index in [1.165, 1.54) is 0 Å². The van der Waals surface area contributed by atoms with Crippen molar-refractivity contribution in [2.45, 2.75) is 6.92 Å². The molecule has 68 valence electrons. The van der Waals surface area contributed by atoms with Gasteiger partial charge in [0.25, 0.3) is 6.02 Å². The van der Waals surface area contributed by atoms with Gasteiger partial charge in [0.15, 0.2) is 0 Å². The third kappa shape index (κ3) is 2.59. The molecule has 0 aliphatic carbocycles. The standard InChI is InChI=1S/C9H11N3O/c1-6-2-4-7(5-3-6)8(10)13-9(11)12/h2-5,10H,1H3,(H3,11,12). The average molecular weight is 177 g/mol. The summed E-state index contributed by atoms with van der Waals surface area (Å²) in [5, 5.41) is 14.2. The molecule has 0 saturated heterocycles. The second-order valence-corrected chi connectivity index (χ2v) is 2.66. The predicted octanol–water partition coefficient (Wildman–Crippen LogP) is 1.23. The van der Waals surface area contributed by atoms with Crippen molar-refractivity contribution >= 4 is 11.9 Å². The number of nitrogens with one attached hydrogen (secondary N) is 2. The molecule has 4 N–H and O–H groups in total. The van der Waals surface area contributed by atoms with Gasteiger partial charge in [-0.2, -0.15) is 0 Å². The Kier molecular flexibility index (Phi) is 2.64. The Hall–Kier alpha value is -1.84. The first kappa shape index (κ1) is 9.25. The Labute approximate surface area is 76.4 Å². The molecule has 0 amide bonds. The fourth-order valence-corrected chi connectivity index (χ4v) is 0.874. The predicted molar refractivity (Wildman–Crippen MR) is 51.0 cm³/mol. The lowest BCUT2D eigenvalue weighted by molar-refractivity contribution is 0.527. The van der Waals surface area contributed by atoms with Crippen LogP contribution in [0.4, 0.5) is 0 Å². The number of hydrogen-bond donors (Lipinski definition) is 3. The van der Waals surface area contributed by atoms with Crippen molar-refractivity contribution in [3.05, 3.63) is 35.4 Å². The minimum absolute atomic E-state index is 0.104. The molecular formula is C9H11N3O. The average Bonchev–Trinajstić information content (AvgIpc) is 2.04. The number of hydrogen-bond acceptors (Lipinski definition) is 3. The Bertz CT molecular complexity index is 329. The molecule has 0 aromatic heterocycles. The molecule has 0 heterocycles. The molecular weight excluding hydrogens is 166 g/mol. The Morgan fingerprint density at radius 1 is 1.23 bits per heavy atom. The molecule has 4 heteroatoms. The zero-order chi connectivity index (χ0) is 9.84. The van der Waals surface area contributed by atoms with E-state index in [2.05, 4.69) is 4.74 Å². The molecule has 0 aliphatic heterocycles. The molecule has 0 fully saturated rings. The van der Waals surface area contributed by atoms with Gasteiger partial charge in [0.05, 0.1) is 0 Å². The summed E-state index contributed by atoms with van der Waals surface area (Å²) < 4.78 is 4.62. The van der Waals surface area contributed by atoms with Crippen LogP contribution in [0.15, 0.2) is 24.3 Å². The molecule has 0 spiro atoms. The Morgan fingerprint density at radius 3 is 2.23 bits per heavy atom. The van der Waals surface area contributed by atoms with Crippen LogP contribution in [0.5, 0.6) is 0 Å². The third-order valence-corrected chi connectivity index (χ3v) is 1.53. The summed E-state index contributed by atoms with van der Waals surface area (Å²) in [6, 6.07) is 6.77. The van der Waals surface area contributed by atoms with Gasteiger partial charge in [-0.1, -0.05) is 17.7 Å². The summed E-state index contributed by atoms with van der Waals surface area (Å²) in [6.45, 7) is 1.96. The highest BCUT2D eigenvalue weighted by Gasteiger charge is 2.02. The van der Waals surface area contributed by atoms with Crippen LogP contribution < -0.4 is 5.73 Å². The topological polar surface area (TPSA) is 83.0 Å². The smallest absolute Gasteiger partial charge is 0.285 e. The summed E-state index contributed by atoms with van der Waals surface area (Å²) in [5.41, 5.74) is 6.70. The van der Waals surface area contributed by atoms with Gasteiger partial charge in [-0.15, -0.1) is 0 Å². The fraction of sp³-hybridized carbons (Fsp3) is 0.111. The van der Waals surface area contributed by atoms with Crippen LogP contribution in [0.2, 0.25) is 0 Å². The van der Waals surface area contributed by atoms with Gasteiger partial charge >= 0.3 is 0 Å². The zero-order valence-corrected chi connectivity index (χ0v) is 7.29. The summed E-state index contributed by atoms with van der Waals surface area (Å²) in [7, 11) is 0. The summed E-state index contributed by atoms with van der Waals surface area (Å²) in [6.07, 6.45) is 0. The van der Waals surface area contributed by atoms with Gasteiger partial charge in [-0.25, -0.2) is 0 Å². The maximum absolute atomic E-state index is 7.39. The zero-order valence-electron chi connectivity index (χ0n) is 7.29. The highest BCUT2D eigenvalue weighted by Crippen LogP contribution is 2.04. The Morgan fingerprint density at radius 2 is 1.77 bits per heavy atom. The molecule has 0 saturated carbocycles. The fourth-order valence-electron chi connectivity index (χ4n) is 0.874. The van der Waals surface area contributed by atoms with E-state index in [0.717, 1.165) is 5.56 Å². The van der Waals surface area contributed by atoms with E-state index in [1.54, 1.807) is 12.1 Å². The number of ether oxygens (including phenoxy) is 1. The first-order valence-electron chi connectivity index (χ1n) is 3.77. The first-order valence-corrected chi connectivity index (χ1v) is 3.77. The van der Waals surface area contributed by atoms with Crippen LogP contribution in [0.25, 0.3) is 0 Å². The number of aryl methyl sites for hydroxylation is 1. The van der Waals surface area contributed by atoms with Crippen molar-refractivity contribution < 1.29 is 4.74 Å². The van der Waals surface area contributed by atoms with Crippen LogP contribution in [0.1, 0.15) is 11.1 Å². The van der Waals surface area contributed by atoms with Gasteiger partial charge in [-0.05, 0) is 19.1 Å². The van der Waals surface area contributed by atoms with Crippen LogP contribution in [-0.2, 0) is 4.74 Å². The van der Waals surface area contributed by atoms with Crippen LogP contribution in [0, 0.1) is 17.7 Å². The highest BCUT2D eigenvalue weighted by atomic mass is 16.5. The van der Waals surface area contributed by atoms with Crippen molar-refractivity contribution in [1.82, 2.24) is 0 Å². The van der Waals surface area contributed by atoms with Crippen LogP contribution >= 0.6 is 0 Å². The molecule has 1 aromatic rings. The minimum atomic E-state index is -0.467. The van der Waals surface area contributed by atoms with Gasteiger partial charge in [0.1, 0.15) is 0 Å². The van der Waals surface area contributed by atoms with Gasteiger partial charge in [-0.3, -0.25) is 10.8 Å². The van der Waals surface area contributed by atoms with Crippen LogP contribution in [0.3, 0.4) is 0 Å². The summed E-state index contributed by atoms with van der Waals surface area (Å²) >= 11 is 0. The number of amidine groups is 1. The van der Waals surface area contributed by atoms with Crippen molar-refractivity contribution in [2.75, 3.05) is 0 Å². The van der Waals surface area contributed by atoms with E-state index in [-0.39, 0.29) is 5.90 Å². The number of rotatable bonds is 1. The third-order valence-electron chi connectivity index (χ3n) is 1.53. The van der Waals surface area contributed by atoms with Crippen molar-refractivity contribution in [2.24, 2.45) is 5.73 Å². The van der Waals surface area contributed by atoms with Crippen molar-refractivity contribution in [1.29, 1.82) is 10.8 Å². The van der Waals surface area contributed by atoms with E-state index in [0.29, 0.717) is 5.56 Å². The second-order valence-electron chi connectivity index (χ2n) is 2.66. The van der Waals surface area contributed by atoms with E-state index < -0.39 is 6.02 Å². The van der Waals surface area contributed by atoms with E-state index in [4.69, 9.17) is 16.6 Å². The molecule has 1 rings (SSSR count). The van der Waals surface area contributed by atoms with Crippen LogP contribution in [-0.4, -0.2) is 11.9 Å². The van der Waals surface area contributed by atoms with Crippen molar-refractivity contribution in [3.63, 3.8) is 0 Å².